The van der Waals surface area contributed by atoms with Gasteiger partial charge in [0.1, 0.15) is 0 Å². The fourth-order valence-corrected chi connectivity index (χ4v) is 4.50. The van der Waals surface area contributed by atoms with Crippen LogP contribution in [-0.4, -0.2) is 33.8 Å². The molecule has 1 aliphatic carbocycles. The highest BCUT2D eigenvalue weighted by molar-refractivity contribution is 7.99. The third kappa shape index (κ3) is 4.48. The Hall–Kier alpha value is -1.00. The molecule has 0 radical (unpaired) electrons. The lowest BCUT2D eigenvalue weighted by Gasteiger charge is -2.34. The first-order valence-corrected chi connectivity index (χ1v) is 8.67. The van der Waals surface area contributed by atoms with Crippen LogP contribution in [-0.2, 0) is 4.79 Å². The van der Waals surface area contributed by atoms with Crippen molar-refractivity contribution >= 4 is 17.7 Å². The van der Waals surface area contributed by atoms with Crippen molar-refractivity contribution in [2.45, 2.75) is 37.4 Å². The van der Waals surface area contributed by atoms with E-state index in [1.54, 1.807) is 11.8 Å². The van der Waals surface area contributed by atoms with Crippen molar-refractivity contribution in [3.8, 4) is 0 Å². The zero-order valence-corrected chi connectivity index (χ0v) is 13.3. The second-order valence-corrected chi connectivity index (χ2v) is 7.30. The van der Waals surface area contributed by atoms with Gasteiger partial charge in [-0.25, -0.2) is 0 Å². The maximum atomic E-state index is 11.5. The van der Waals surface area contributed by atoms with Gasteiger partial charge in [-0.2, -0.15) is 11.8 Å². The molecule has 1 aromatic rings. The van der Waals surface area contributed by atoms with Crippen LogP contribution >= 0.6 is 11.8 Å². The molecule has 1 aliphatic rings. The Labute approximate surface area is 130 Å². The number of carboxylic acids is 1. The van der Waals surface area contributed by atoms with Crippen LogP contribution in [0, 0.1) is 11.8 Å². The molecule has 3 nitrogen and oxygen atoms in total. The van der Waals surface area contributed by atoms with Gasteiger partial charge in [-0.05, 0) is 42.4 Å². The number of carbonyl (C=O) groups is 1. The average Bonchev–Trinajstić information content (AvgIpc) is 2.53. The number of aliphatic hydroxyl groups excluding tert-OH is 1. The fraction of sp³-hybridized carbons (Fsp3) is 0.588. The Balaban J connectivity index is 2.03. The second-order valence-electron chi connectivity index (χ2n) is 6.02. The SMILES string of the molecule is CC(CO)CSC1CC(c2ccccc2)CCC1C(=O)O. The quantitative estimate of drug-likeness (QED) is 0.846. The molecule has 1 saturated carbocycles. The first-order chi connectivity index (χ1) is 10.1. The first-order valence-electron chi connectivity index (χ1n) is 7.62. The summed E-state index contributed by atoms with van der Waals surface area (Å²) in [6.45, 7) is 2.17. The van der Waals surface area contributed by atoms with Crippen molar-refractivity contribution in [1.29, 1.82) is 0 Å². The first kappa shape index (κ1) is 16.4. The summed E-state index contributed by atoms with van der Waals surface area (Å²) in [6, 6.07) is 10.4. The van der Waals surface area contributed by atoms with E-state index in [0.717, 1.165) is 25.0 Å². The number of aliphatic carboxylic acids is 1. The molecule has 4 heteroatoms. The van der Waals surface area contributed by atoms with Crippen molar-refractivity contribution in [2.24, 2.45) is 11.8 Å². The summed E-state index contributed by atoms with van der Waals surface area (Å²) >= 11 is 1.72. The van der Waals surface area contributed by atoms with Crippen LogP contribution < -0.4 is 0 Å². The molecule has 0 aliphatic heterocycles. The van der Waals surface area contributed by atoms with E-state index in [1.807, 2.05) is 13.0 Å². The van der Waals surface area contributed by atoms with Crippen LogP contribution in [0.2, 0.25) is 0 Å². The molecule has 21 heavy (non-hydrogen) atoms. The number of thioether (sulfide) groups is 1. The van der Waals surface area contributed by atoms with Gasteiger partial charge in [0.05, 0.1) is 5.92 Å². The third-order valence-electron chi connectivity index (χ3n) is 4.29. The van der Waals surface area contributed by atoms with Gasteiger partial charge < -0.3 is 10.2 Å². The molecule has 1 fully saturated rings. The van der Waals surface area contributed by atoms with Gasteiger partial charge in [0, 0.05) is 11.9 Å². The maximum Gasteiger partial charge on any atom is 0.307 e. The molecule has 4 unspecified atom stereocenters. The van der Waals surface area contributed by atoms with E-state index >= 15 is 0 Å². The Bertz CT molecular complexity index is 449. The Morgan fingerprint density at radius 3 is 2.67 bits per heavy atom. The van der Waals surface area contributed by atoms with E-state index in [9.17, 15) is 9.90 Å². The summed E-state index contributed by atoms with van der Waals surface area (Å²) in [5, 5.41) is 18.7. The molecule has 0 saturated heterocycles. The van der Waals surface area contributed by atoms with Crippen LogP contribution in [0.5, 0.6) is 0 Å². The van der Waals surface area contributed by atoms with Gasteiger partial charge in [-0.3, -0.25) is 4.79 Å². The summed E-state index contributed by atoms with van der Waals surface area (Å²) < 4.78 is 0. The lowest BCUT2D eigenvalue weighted by Crippen LogP contribution is -2.32. The van der Waals surface area contributed by atoms with Crippen LogP contribution in [0.1, 0.15) is 37.7 Å². The van der Waals surface area contributed by atoms with Crippen molar-refractivity contribution in [2.75, 3.05) is 12.4 Å². The average molecular weight is 308 g/mol. The highest BCUT2D eigenvalue weighted by atomic mass is 32.2. The highest BCUT2D eigenvalue weighted by Gasteiger charge is 2.35. The van der Waals surface area contributed by atoms with Crippen LogP contribution in [0.3, 0.4) is 0 Å². The zero-order chi connectivity index (χ0) is 15.2. The number of rotatable bonds is 6. The standard InChI is InChI=1S/C17H24O3S/c1-12(10-18)11-21-16-9-14(7-8-15(16)17(19)20)13-5-3-2-4-6-13/h2-6,12,14-16,18H,7-11H2,1H3,(H,19,20). The van der Waals surface area contributed by atoms with Crippen molar-refractivity contribution < 1.29 is 15.0 Å². The lowest BCUT2D eigenvalue weighted by molar-refractivity contribution is -0.142. The van der Waals surface area contributed by atoms with Crippen molar-refractivity contribution in [3.63, 3.8) is 0 Å². The van der Waals surface area contributed by atoms with Gasteiger partial charge in [-0.15, -0.1) is 0 Å². The molecule has 0 aromatic heterocycles. The molecule has 2 rings (SSSR count). The van der Waals surface area contributed by atoms with Crippen LogP contribution in [0.4, 0.5) is 0 Å². The summed E-state index contributed by atoms with van der Waals surface area (Å²) in [7, 11) is 0. The normalized spacial score (nSPS) is 27.2. The summed E-state index contributed by atoms with van der Waals surface area (Å²) in [5.74, 6) is 0.591. The van der Waals surface area contributed by atoms with Gasteiger partial charge >= 0.3 is 5.97 Å². The smallest absolute Gasteiger partial charge is 0.307 e. The Morgan fingerprint density at radius 2 is 2.05 bits per heavy atom. The molecular weight excluding hydrogens is 284 g/mol. The predicted octanol–water partition coefficient (Wildman–Crippen LogP) is 3.39. The number of benzene rings is 1. The lowest BCUT2D eigenvalue weighted by atomic mass is 9.78. The second kappa shape index (κ2) is 7.85. The monoisotopic (exact) mass is 308 g/mol. The highest BCUT2D eigenvalue weighted by Crippen LogP contribution is 2.41. The van der Waals surface area contributed by atoms with E-state index in [4.69, 9.17) is 5.11 Å². The Kier molecular flexibility index (Phi) is 6.12. The number of carboxylic acid groups (broad SMARTS) is 1. The number of hydrogen-bond acceptors (Lipinski definition) is 3. The molecule has 0 heterocycles. The predicted molar refractivity (Wildman–Crippen MR) is 86.7 cm³/mol. The zero-order valence-electron chi connectivity index (χ0n) is 12.4. The Morgan fingerprint density at radius 1 is 1.33 bits per heavy atom. The molecule has 1 aromatic carbocycles. The fourth-order valence-electron chi connectivity index (χ4n) is 2.96. The van der Waals surface area contributed by atoms with Gasteiger partial charge in [0.25, 0.3) is 0 Å². The molecule has 0 amide bonds. The topological polar surface area (TPSA) is 57.5 Å². The van der Waals surface area contributed by atoms with Gasteiger partial charge in [-0.1, -0.05) is 37.3 Å². The molecule has 2 N–H and O–H groups in total. The van der Waals surface area contributed by atoms with Gasteiger partial charge in [0.15, 0.2) is 0 Å². The number of hydrogen-bond donors (Lipinski definition) is 2. The minimum absolute atomic E-state index is 0.149. The molecule has 0 bridgehead atoms. The van der Waals surface area contributed by atoms with Crippen molar-refractivity contribution in [1.82, 2.24) is 0 Å². The number of aliphatic hydroxyl groups is 1. The van der Waals surface area contributed by atoms with E-state index < -0.39 is 5.97 Å². The summed E-state index contributed by atoms with van der Waals surface area (Å²) in [4.78, 5) is 11.5. The molecular formula is C17H24O3S. The van der Waals surface area contributed by atoms with E-state index in [0.29, 0.717) is 5.92 Å². The minimum atomic E-state index is -0.671. The minimum Gasteiger partial charge on any atom is -0.481 e. The van der Waals surface area contributed by atoms with E-state index in [-0.39, 0.29) is 23.7 Å². The summed E-state index contributed by atoms with van der Waals surface area (Å²) in [5.41, 5.74) is 1.32. The van der Waals surface area contributed by atoms with Crippen LogP contribution in [0.15, 0.2) is 30.3 Å². The largest absolute Gasteiger partial charge is 0.481 e. The van der Waals surface area contributed by atoms with Gasteiger partial charge in [0.2, 0.25) is 0 Å². The molecule has 0 spiro atoms. The maximum absolute atomic E-state index is 11.5. The van der Waals surface area contributed by atoms with E-state index in [1.165, 1.54) is 5.56 Å². The summed E-state index contributed by atoms with van der Waals surface area (Å²) in [6.07, 6.45) is 2.62. The van der Waals surface area contributed by atoms with E-state index in [2.05, 4.69) is 24.3 Å². The molecule has 4 atom stereocenters. The van der Waals surface area contributed by atoms with Crippen molar-refractivity contribution in [3.05, 3.63) is 35.9 Å². The molecule has 116 valence electrons. The third-order valence-corrected chi connectivity index (χ3v) is 6.00. The van der Waals surface area contributed by atoms with Crippen LogP contribution in [0.25, 0.3) is 0 Å².